The number of anilines is 3. The molecule has 2 aromatic rings. The summed E-state index contributed by atoms with van der Waals surface area (Å²) in [6.07, 6.45) is 0. The molecule has 0 aliphatic heterocycles. The monoisotopic (exact) mass is 309 g/mol. The van der Waals surface area contributed by atoms with Crippen LogP contribution in [0.3, 0.4) is 0 Å². The van der Waals surface area contributed by atoms with Crippen LogP contribution in [0, 0.1) is 12.7 Å². The van der Waals surface area contributed by atoms with Crippen LogP contribution in [-0.4, -0.2) is 15.5 Å². The van der Waals surface area contributed by atoms with Gasteiger partial charge in [0, 0.05) is 5.69 Å². The summed E-state index contributed by atoms with van der Waals surface area (Å²) < 4.78 is 39.2. The van der Waals surface area contributed by atoms with Crippen molar-refractivity contribution in [1.29, 1.82) is 0 Å². The van der Waals surface area contributed by atoms with E-state index in [9.17, 15) is 12.8 Å². The maximum Gasteiger partial charge on any atom is 0.240 e. The average Bonchev–Trinajstić information content (AvgIpc) is 2.40. The summed E-state index contributed by atoms with van der Waals surface area (Å²) in [6, 6.07) is 8.74. The third kappa shape index (κ3) is 3.50. The summed E-state index contributed by atoms with van der Waals surface area (Å²) >= 11 is 0. The Balaban J connectivity index is 2.42. The van der Waals surface area contributed by atoms with Gasteiger partial charge in [-0.3, -0.25) is 0 Å². The molecule has 0 unspecified atom stereocenters. The molecule has 0 amide bonds. The van der Waals surface area contributed by atoms with E-state index in [0.29, 0.717) is 17.1 Å². The predicted octanol–water partition coefficient (Wildman–Crippen LogP) is 2.37. The average molecular weight is 309 g/mol. The number of aryl methyl sites for hydroxylation is 1. The molecule has 0 bridgehead atoms. The summed E-state index contributed by atoms with van der Waals surface area (Å²) in [6.45, 7) is 1.76. The fraction of sp³-hybridized carbons (Fsp3) is 0.143. The Hall–Kier alpha value is -2.12. The zero-order valence-electron chi connectivity index (χ0n) is 11.6. The van der Waals surface area contributed by atoms with E-state index in [0.717, 1.165) is 5.56 Å². The lowest BCUT2D eigenvalue weighted by Crippen LogP contribution is -2.18. The molecule has 0 aliphatic rings. The van der Waals surface area contributed by atoms with Gasteiger partial charge in [-0.1, -0.05) is 0 Å². The van der Waals surface area contributed by atoms with E-state index in [4.69, 9.17) is 5.73 Å². The third-order valence-electron chi connectivity index (χ3n) is 2.92. The van der Waals surface area contributed by atoms with Gasteiger partial charge in [0.05, 0.1) is 16.3 Å². The second-order valence-electron chi connectivity index (χ2n) is 4.60. The van der Waals surface area contributed by atoms with Crippen molar-refractivity contribution in [3.05, 3.63) is 47.8 Å². The van der Waals surface area contributed by atoms with Crippen molar-refractivity contribution < 1.29 is 12.8 Å². The third-order valence-corrected chi connectivity index (χ3v) is 4.34. The first kappa shape index (κ1) is 15.3. The fourth-order valence-corrected chi connectivity index (χ4v) is 2.65. The molecule has 0 saturated carbocycles. The topological polar surface area (TPSA) is 84.2 Å². The second-order valence-corrected chi connectivity index (χ2v) is 6.49. The molecule has 0 radical (unpaired) electrons. The maximum atomic E-state index is 13.4. The Morgan fingerprint density at radius 2 is 1.86 bits per heavy atom. The molecule has 0 spiro atoms. The fourth-order valence-electron chi connectivity index (χ4n) is 1.89. The van der Waals surface area contributed by atoms with E-state index in [2.05, 4.69) is 10.0 Å². The molecular weight excluding hydrogens is 293 g/mol. The number of hydrogen-bond acceptors (Lipinski definition) is 4. The molecule has 0 heterocycles. The molecule has 2 aromatic carbocycles. The zero-order chi connectivity index (χ0) is 15.6. The minimum Gasteiger partial charge on any atom is -0.397 e. The summed E-state index contributed by atoms with van der Waals surface area (Å²) in [5.74, 6) is -0.380. The first-order valence-electron chi connectivity index (χ1n) is 6.19. The molecule has 4 N–H and O–H groups in total. The molecule has 0 saturated heterocycles. The first-order valence-corrected chi connectivity index (χ1v) is 7.67. The van der Waals surface area contributed by atoms with Gasteiger partial charge in [0.1, 0.15) is 5.82 Å². The predicted molar refractivity (Wildman–Crippen MR) is 81.5 cm³/mol. The van der Waals surface area contributed by atoms with Gasteiger partial charge >= 0.3 is 0 Å². The lowest BCUT2D eigenvalue weighted by atomic mass is 10.2. The minimum absolute atomic E-state index is 0.0785. The Morgan fingerprint density at radius 1 is 1.14 bits per heavy atom. The number of nitrogens with one attached hydrogen (secondary N) is 2. The molecule has 0 aromatic heterocycles. The summed E-state index contributed by atoms with van der Waals surface area (Å²) in [7, 11) is -2.24. The molecule has 0 aliphatic carbocycles. The molecule has 21 heavy (non-hydrogen) atoms. The Morgan fingerprint density at radius 3 is 2.48 bits per heavy atom. The SMILES string of the molecule is CNS(=O)(=O)c1ccc(N)c(Nc2cc(C)cc(F)c2)c1. The van der Waals surface area contributed by atoms with Crippen LogP contribution in [0.2, 0.25) is 0 Å². The summed E-state index contributed by atoms with van der Waals surface area (Å²) in [5, 5.41) is 2.93. The molecular formula is C14H16FN3O2S. The minimum atomic E-state index is -3.57. The number of hydrogen-bond donors (Lipinski definition) is 3. The van der Waals surface area contributed by atoms with Crippen LogP contribution in [0.5, 0.6) is 0 Å². The van der Waals surface area contributed by atoms with Crippen molar-refractivity contribution in [2.75, 3.05) is 18.1 Å². The molecule has 2 rings (SSSR count). The number of rotatable bonds is 4. The van der Waals surface area contributed by atoms with Gasteiger partial charge in [-0.2, -0.15) is 0 Å². The van der Waals surface area contributed by atoms with Gasteiger partial charge in [-0.05, 0) is 55.9 Å². The van der Waals surface area contributed by atoms with E-state index in [1.54, 1.807) is 13.0 Å². The maximum absolute atomic E-state index is 13.4. The largest absolute Gasteiger partial charge is 0.397 e. The summed E-state index contributed by atoms with van der Waals surface area (Å²) in [5.41, 5.74) is 7.84. The van der Waals surface area contributed by atoms with Crippen molar-refractivity contribution in [2.24, 2.45) is 0 Å². The van der Waals surface area contributed by atoms with Gasteiger partial charge in [0.2, 0.25) is 10.0 Å². The van der Waals surface area contributed by atoms with Crippen molar-refractivity contribution >= 4 is 27.1 Å². The highest BCUT2D eigenvalue weighted by Crippen LogP contribution is 2.27. The molecule has 7 heteroatoms. The van der Waals surface area contributed by atoms with Crippen LogP contribution < -0.4 is 15.8 Å². The van der Waals surface area contributed by atoms with E-state index in [1.165, 1.54) is 37.4 Å². The van der Waals surface area contributed by atoms with Gasteiger partial charge in [-0.15, -0.1) is 0 Å². The lowest BCUT2D eigenvalue weighted by molar-refractivity contribution is 0.588. The number of sulfonamides is 1. The zero-order valence-corrected chi connectivity index (χ0v) is 12.5. The van der Waals surface area contributed by atoms with Crippen LogP contribution in [0.4, 0.5) is 21.5 Å². The van der Waals surface area contributed by atoms with Crippen molar-refractivity contribution in [3.8, 4) is 0 Å². The molecule has 0 fully saturated rings. The number of nitrogens with two attached hydrogens (primary N) is 1. The van der Waals surface area contributed by atoms with E-state index < -0.39 is 10.0 Å². The van der Waals surface area contributed by atoms with E-state index in [1.807, 2.05) is 0 Å². The van der Waals surface area contributed by atoms with Gasteiger partial charge in [-0.25, -0.2) is 17.5 Å². The lowest BCUT2D eigenvalue weighted by Gasteiger charge is -2.12. The Kier molecular flexibility index (Phi) is 4.15. The highest BCUT2D eigenvalue weighted by Gasteiger charge is 2.13. The highest BCUT2D eigenvalue weighted by atomic mass is 32.2. The van der Waals surface area contributed by atoms with Crippen LogP contribution in [0.25, 0.3) is 0 Å². The number of halogens is 1. The van der Waals surface area contributed by atoms with Crippen LogP contribution in [0.15, 0.2) is 41.3 Å². The first-order chi connectivity index (χ1) is 9.81. The molecule has 0 atom stereocenters. The van der Waals surface area contributed by atoms with Gasteiger partial charge in [0.15, 0.2) is 0 Å². The van der Waals surface area contributed by atoms with Crippen LogP contribution in [-0.2, 0) is 10.0 Å². The standard InChI is InChI=1S/C14H16FN3O2S/c1-9-5-10(15)7-11(6-9)18-14-8-12(3-4-13(14)16)21(19,20)17-2/h3-8,17-18H,16H2,1-2H3. The number of nitrogen functional groups attached to an aromatic ring is 1. The quantitative estimate of drug-likeness (QED) is 0.757. The number of benzene rings is 2. The second kappa shape index (κ2) is 5.71. The van der Waals surface area contributed by atoms with Crippen molar-refractivity contribution in [2.45, 2.75) is 11.8 Å². The highest BCUT2D eigenvalue weighted by molar-refractivity contribution is 7.89. The van der Waals surface area contributed by atoms with Crippen LogP contribution >= 0.6 is 0 Å². The smallest absolute Gasteiger partial charge is 0.240 e. The molecule has 5 nitrogen and oxygen atoms in total. The Bertz CT molecular complexity index is 756. The van der Waals surface area contributed by atoms with E-state index in [-0.39, 0.29) is 10.7 Å². The normalized spacial score (nSPS) is 11.4. The summed E-state index contributed by atoms with van der Waals surface area (Å²) in [4.78, 5) is 0.0785. The van der Waals surface area contributed by atoms with E-state index >= 15 is 0 Å². The Labute approximate surface area is 123 Å². The van der Waals surface area contributed by atoms with Crippen molar-refractivity contribution in [3.63, 3.8) is 0 Å². The van der Waals surface area contributed by atoms with Gasteiger partial charge in [0.25, 0.3) is 0 Å². The molecule has 112 valence electrons. The van der Waals surface area contributed by atoms with Crippen LogP contribution in [0.1, 0.15) is 5.56 Å². The van der Waals surface area contributed by atoms with Crippen molar-refractivity contribution in [1.82, 2.24) is 4.72 Å². The van der Waals surface area contributed by atoms with Gasteiger partial charge < -0.3 is 11.1 Å².